The van der Waals surface area contributed by atoms with Crippen LogP contribution in [0.5, 0.6) is 0 Å². The summed E-state index contributed by atoms with van der Waals surface area (Å²) in [5.74, 6) is -0.0411. The Morgan fingerprint density at radius 2 is 2.29 bits per heavy atom. The Hall–Kier alpha value is -0.980. The van der Waals surface area contributed by atoms with E-state index in [2.05, 4.69) is 4.98 Å². The predicted octanol–water partition coefficient (Wildman–Crippen LogP) is 0.334. The number of rotatable bonds is 3. The molecule has 0 spiro atoms. The van der Waals surface area contributed by atoms with Crippen molar-refractivity contribution in [2.75, 3.05) is 13.1 Å². The minimum absolute atomic E-state index is 0.0396. The largest absolute Gasteiger partial charge is 0.327 e. The lowest BCUT2D eigenvalue weighted by Gasteiger charge is -2.29. The molecule has 1 aromatic heterocycles. The molecule has 2 rings (SSSR count). The second-order valence-corrected chi connectivity index (χ2v) is 6.31. The van der Waals surface area contributed by atoms with Gasteiger partial charge in [-0.15, -0.1) is 0 Å². The number of hydrogen-bond donors (Lipinski definition) is 1. The molecule has 0 radical (unpaired) electrons. The SMILES string of the molecule is N[C@@H]1CCCN(S(=O)(=O)Cc2ccccn2)C1. The van der Waals surface area contributed by atoms with E-state index < -0.39 is 10.0 Å². The van der Waals surface area contributed by atoms with Crippen molar-refractivity contribution >= 4 is 10.0 Å². The molecule has 1 aliphatic heterocycles. The average molecular weight is 255 g/mol. The zero-order valence-corrected chi connectivity index (χ0v) is 10.4. The van der Waals surface area contributed by atoms with Crippen LogP contribution in [0.4, 0.5) is 0 Å². The smallest absolute Gasteiger partial charge is 0.219 e. The van der Waals surface area contributed by atoms with Gasteiger partial charge in [0.2, 0.25) is 10.0 Å². The van der Waals surface area contributed by atoms with Crippen molar-refractivity contribution in [2.45, 2.75) is 24.6 Å². The molecule has 0 aliphatic carbocycles. The monoisotopic (exact) mass is 255 g/mol. The van der Waals surface area contributed by atoms with Crippen LogP contribution in [0.15, 0.2) is 24.4 Å². The van der Waals surface area contributed by atoms with Crippen LogP contribution in [0.25, 0.3) is 0 Å². The molecule has 1 fully saturated rings. The first-order valence-electron chi connectivity index (χ1n) is 5.71. The van der Waals surface area contributed by atoms with Gasteiger partial charge in [-0.25, -0.2) is 12.7 Å². The van der Waals surface area contributed by atoms with Crippen molar-refractivity contribution in [2.24, 2.45) is 5.73 Å². The molecule has 17 heavy (non-hydrogen) atoms. The summed E-state index contributed by atoms with van der Waals surface area (Å²) in [6.07, 6.45) is 3.34. The van der Waals surface area contributed by atoms with Gasteiger partial charge < -0.3 is 5.73 Å². The van der Waals surface area contributed by atoms with E-state index in [1.807, 2.05) is 0 Å². The number of nitrogens with two attached hydrogens (primary N) is 1. The first kappa shape index (κ1) is 12.5. The lowest BCUT2D eigenvalue weighted by molar-refractivity contribution is 0.315. The van der Waals surface area contributed by atoms with E-state index in [1.54, 1.807) is 24.4 Å². The van der Waals surface area contributed by atoms with E-state index in [4.69, 9.17) is 5.73 Å². The molecule has 1 saturated heterocycles. The van der Waals surface area contributed by atoms with Crippen molar-refractivity contribution in [3.8, 4) is 0 Å². The van der Waals surface area contributed by atoms with Gasteiger partial charge in [-0.3, -0.25) is 4.98 Å². The number of aromatic nitrogens is 1. The van der Waals surface area contributed by atoms with E-state index in [-0.39, 0.29) is 11.8 Å². The highest BCUT2D eigenvalue weighted by Crippen LogP contribution is 2.15. The number of nitrogens with zero attached hydrogens (tertiary/aromatic N) is 2. The summed E-state index contributed by atoms with van der Waals surface area (Å²) >= 11 is 0. The third-order valence-electron chi connectivity index (χ3n) is 2.87. The molecule has 1 aromatic rings. The highest BCUT2D eigenvalue weighted by molar-refractivity contribution is 7.88. The Morgan fingerprint density at radius 1 is 1.47 bits per heavy atom. The molecule has 0 amide bonds. The van der Waals surface area contributed by atoms with Crippen molar-refractivity contribution in [3.63, 3.8) is 0 Å². The van der Waals surface area contributed by atoms with Gasteiger partial charge in [0.05, 0.1) is 5.69 Å². The second kappa shape index (κ2) is 5.12. The zero-order valence-electron chi connectivity index (χ0n) is 9.62. The molecule has 0 aromatic carbocycles. The lowest BCUT2D eigenvalue weighted by Crippen LogP contribution is -2.46. The zero-order chi connectivity index (χ0) is 12.3. The fraction of sp³-hybridized carbons (Fsp3) is 0.545. The normalized spacial score (nSPS) is 22.5. The number of hydrogen-bond acceptors (Lipinski definition) is 4. The molecular weight excluding hydrogens is 238 g/mol. The molecule has 2 heterocycles. The molecular formula is C11H17N3O2S. The highest BCUT2D eigenvalue weighted by Gasteiger charge is 2.27. The third-order valence-corrected chi connectivity index (χ3v) is 4.65. The van der Waals surface area contributed by atoms with Crippen LogP contribution in [-0.4, -0.2) is 36.8 Å². The molecule has 0 saturated carbocycles. The third kappa shape index (κ3) is 3.24. The minimum atomic E-state index is -3.28. The molecule has 6 heteroatoms. The minimum Gasteiger partial charge on any atom is -0.327 e. The van der Waals surface area contributed by atoms with Gasteiger partial charge in [-0.05, 0) is 25.0 Å². The van der Waals surface area contributed by atoms with Gasteiger partial charge in [0.15, 0.2) is 0 Å². The Kier molecular flexibility index (Phi) is 3.76. The van der Waals surface area contributed by atoms with Crippen LogP contribution in [0.2, 0.25) is 0 Å². The van der Waals surface area contributed by atoms with E-state index in [9.17, 15) is 8.42 Å². The maximum Gasteiger partial charge on any atom is 0.219 e. The van der Waals surface area contributed by atoms with E-state index >= 15 is 0 Å². The predicted molar refractivity (Wildman–Crippen MR) is 65.6 cm³/mol. The van der Waals surface area contributed by atoms with Crippen LogP contribution >= 0.6 is 0 Å². The highest BCUT2D eigenvalue weighted by atomic mass is 32.2. The summed E-state index contributed by atoms with van der Waals surface area (Å²) in [5.41, 5.74) is 6.37. The molecule has 2 N–H and O–H groups in total. The number of pyridine rings is 1. The van der Waals surface area contributed by atoms with Crippen LogP contribution in [-0.2, 0) is 15.8 Å². The van der Waals surface area contributed by atoms with Gasteiger partial charge in [0.25, 0.3) is 0 Å². The maximum absolute atomic E-state index is 12.1. The van der Waals surface area contributed by atoms with E-state index in [1.165, 1.54) is 4.31 Å². The molecule has 0 bridgehead atoms. The van der Waals surface area contributed by atoms with Crippen molar-refractivity contribution in [1.29, 1.82) is 0 Å². The van der Waals surface area contributed by atoms with E-state index in [0.717, 1.165) is 12.8 Å². The van der Waals surface area contributed by atoms with Gasteiger partial charge >= 0.3 is 0 Å². The summed E-state index contributed by atoms with van der Waals surface area (Å²) in [7, 11) is -3.28. The molecule has 1 atom stereocenters. The summed E-state index contributed by atoms with van der Waals surface area (Å²) in [4.78, 5) is 4.04. The summed E-state index contributed by atoms with van der Waals surface area (Å²) in [5, 5.41) is 0. The Bertz CT molecular complexity index is 461. The van der Waals surface area contributed by atoms with Crippen LogP contribution < -0.4 is 5.73 Å². The van der Waals surface area contributed by atoms with Gasteiger partial charge in [-0.1, -0.05) is 6.07 Å². The molecule has 0 unspecified atom stereocenters. The fourth-order valence-corrected chi connectivity index (χ4v) is 3.54. The molecule has 94 valence electrons. The first-order valence-corrected chi connectivity index (χ1v) is 7.32. The maximum atomic E-state index is 12.1. The first-order chi connectivity index (χ1) is 8.08. The van der Waals surface area contributed by atoms with Crippen LogP contribution in [0.1, 0.15) is 18.5 Å². The topological polar surface area (TPSA) is 76.3 Å². The van der Waals surface area contributed by atoms with Crippen molar-refractivity contribution in [3.05, 3.63) is 30.1 Å². The van der Waals surface area contributed by atoms with Gasteiger partial charge in [0.1, 0.15) is 5.75 Å². The number of piperidine rings is 1. The molecule has 5 nitrogen and oxygen atoms in total. The van der Waals surface area contributed by atoms with Gasteiger partial charge in [0, 0.05) is 25.3 Å². The van der Waals surface area contributed by atoms with Gasteiger partial charge in [-0.2, -0.15) is 0 Å². The second-order valence-electron chi connectivity index (χ2n) is 4.34. The standard InChI is InChI=1S/C11H17N3O2S/c12-10-4-3-7-14(8-10)17(15,16)9-11-5-1-2-6-13-11/h1-2,5-6,10H,3-4,7-9,12H2/t10-/m1/s1. The van der Waals surface area contributed by atoms with Crippen LogP contribution in [0, 0.1) is 0 Å². The van der Waals surface area contributed by atoms with Crippen LogP contribution in [0.3, 0.4) is 0 Å². The quantitative estimate of drug-likeness (QED) is 0.844. The molecule has 1 aliphatic rings. The summed E-state index contributed by atoms with van der Waals surface area (Å²) in [6, 6.07) is 5.25. The Labute approximate surface area is 102 Å². The summed E-state index contributed by atoms with van der Waals surface area (Å²) < 4.78 is 25.7. The number of sulfonamides is 1. The lowest BCUT2D eigenvalue weighted by atomic mass is 10.1. The fourth-order valence-electron chi connectivity index (χ4n) is 1.99. The Morgan fingerprint density at radius 3 is 2.94 bits per heavy atom. The van der Waals surface area contributed by atoms with Crippen molar-refractivity contribution < 1.29 is 8.42 Å². The van der Waals surface area contributed by atoms with Crippen molar-refractivity contribution in [1.82, 2.24) is 9.29 Å². The summed E-state index contributed by atoms with van der Waals surface area (Å²) in [6.45, 7) is 0.998. The average Bonchev–Trinajstić information content (AvgIpc) is 2.30. The Balaban J connectivity index is 2.08. The van der Waals surface area contributed by atoms with E-state index in [0.29, 0.717) is 18.8 Å².